The number of hydrogen-bond acceptors (Lipinski definition) is 17. The molecule has 0 aliphatic rings. The van der Waals surface area contributed by atoms with Gasteiger partial charge in [-0.25, -0.2) is 14.4 Å². The molecule has 53 heavy (non-hydrogen) atoms. The van der Waals surface area contributed by atoms with Gasteiger partial charge in [-0.2, -0.15) is 4.39 Å². The van der Waals surface area contributed by atoms with Crippen LogP contribution in [-0.4, -0.2) is 110 Å². The molecule has 0 saturated heterocycles. The summed E-state index contributed by atoms with van der Waals surface area (Å²) in [6.07, 6.45) is 0. The van der Waals surface area contributed by atoms with Crippen molar-refractivity contribution >= 4 is 46.3 Å². The van der Waals surface area contributed by atoms with Crippen LogP contribution in [0.1, 0.15) is 32.5 Å². The first-order valence-corrected chi connectivity index (χ1v) is 15.3. The minimum absolute atomic E-state index is 0. The van der Waals surface area contributed by atoms with E-state index in [1.54, 1.807) is 32.4 Å². The van der Waals surface area contributed by atoms with Crippen LogP contribution in [0.3, 0.4) is 0 Å². The van der Waals surface area contributed by atoms with Gasteiger partial charge in [0.1, 0.15) is 11.3 Å². The summed E-state index contributed by atoms with van der Waals surface area (Å²) in [6, 6.07) is 12.6. The van der Waals surface area contributed by atoms with Crippen molar-refractivity contribution in [3.8, 4) is 0 Å². The van der Waals surface area contributed by atoms with Crippen LogP contribution in [0, 0.1) is 26.0 Å². The van der Waals surface area contributed by atoms with Gasteiger partial charge in [0.15, 0.2) is 0 Å². The maximum absolute atomic E-state index is 13.2. The number of halogens is 1. The number of nitrogens with one attached hydrogen (secondary N) is 2. The number of nitro benzene ring substituents is 2. The van der Waals surface area contributed by atoms with Gasteiger partial charge in [0.25, 0.3) is 5.69 Å². The standard InChI is InChI=1S/C11H14N2O5.C11H16N2O3.C8H6FNO4.C3H9NO.H2/c1-17-7-6-12-10-8(11(14)18-2)4-3-5-9(10)13(15)16;1-15-7-6-13-10-8(11(14)16-2)4-3-5-9(10)12;1-14-8(11)5-3-2-4-6(7(5)9)10(12)13;1-5-3-2-4;/h3-5,12H,6-7H2,1-2H3;3-5,13H,6-7,12H2,1-2H3;2-4H,1H3;2-4H2,1H3;1H. The first-order chi connectivity index (χ1) is 25.3. The third kappa shape index (κ3) is 16.3. The van der Waals surface area contributed by atoms with Gasteiger partial charge >= 0.3 is 23.6 Å². The molecule has 0 aliphatic carbocycles. The lowest BCUT2D eigenvalue weighted by molar-refractivity contribution is -0.387. The van der Waals surface area contributed by atoms with Gasteiger partial charge in [0, 0.05) is 54.5 Å². The van der Waals surface area contributed by atoms with Gasteiger partial charge in [0.2, 0.25) is 5.82 Å². The highest BCUT2D eigenvalue weighted by Gasteiger charge is 2.23. The topological polar surface area (TPSA) is 269 Å². The number of nitrogens with zero attached hydrogens (tertiary/aromatic N) is 2. The van der Waals surface area contributed by atoms with E-state index in [-0.39, 0.29) is 18.4 Å². The second-order valence-corrected chi connectivity index (χ2v) is 9.72. The molecule has 0 unspecified atom stereocenters. The van der Waals surface area contributed by atoms with Crippen LogP contribution in [0.25, 0.3) is 0 Å². The van der Waals surface area contributed by atoms with Crippen LogP contribution in [-0.2, 0) is 28.4 Å². The highest BCUT2D eigenvalue weighted by atomic mass is 19.1. The Balaban J connectivity index is 0. The van der Waals surface area contributed by atoms with Crippen LogP contribution in [0.2, 0.25) is 0 Å². The SMILES string of the molecule is COC(=O)c1cccc([N+](=O)[O-])c1F.COCCN.COCCNc1c(C(=O)OC)cccc1[N+](=O)[O-].COCCNc1c(N)cccc1C(=O)OC.[HH]. The first kappa shape index (κ1) is 47.0. The number of benzene rings is 3. The molecule has 0 radical (unpaired) electrons. The fraction of sp³-hybridized carbons (Fsp3) is 0.364. The van der Waals surface area contributed by atoms with Gasteiger partial charge in [-0.3, -0.25) is 20.2 Å². The van der Waals surface area contributed by atoms with Crippen molar-refractivity contribution in [1.82, 2.24) is 0 Å². The van der Waals surface area contributed by atoms with Gasteiger partial charge in [0.05, 0.1) is 73.5 Å². The van der Waals surface area contributed by atoms with E-state index in [2.05, 4.69) is 29.6 Å². The number of esters is 3. The quantitative estimate of drug-likeness (QED) is 0.0427. The number of nitrogens with two attached hydrogens (primary N) is 2. The van der Waals surface area contributed by atoms with Crippen molar-refractivity contribution < 1.29 is 58.5 Å². The molecule has 0 amide bonds. The maximum atomic E-state index is 13.2. The van der Waals surface area contributed by atoms with E-state index in [1.807, 2.05) is 0 Å². The number of carbonyl (C=O) groups is 3. The third-order valence-electron chi connectivity index (χ3n) is 6.26. The molecule has 0 heterocycles. The van der Waals surface area contributed by atoms with Crippen molar-refractivity contribution in [1.29, 1.82) is 0 Å². The molecule has 3 rings (SSSR count). The third-order valence-corrected chi connectivity index (χ3v) is 6.26. The first-order valence-electron chi connectivity index (χ1n) is 15.3. The molecule has 0 spiro atoms. The van der Waals surface area contributed by atoms with Gasteiger partial charge in [-0.1, -0.05) is 18.2 Å². The number of carbonyl (C=O) groups excluding carboxylic acids is 3. The van der Waals surface area contributed by atoms with Gasteiger partial charge in [-0.05, 0) is 24.3 Å². The number of rotatable bonds is 15. The van der Waals surface area contributed by atoms with Gasteiger partial charge in [-0.15, -0.1) is 0 Å². The summed E-state index contributed by atoms with van der Waals surface area (Å²) >= 11 is 0. The normalized spacial score (nSPS) is 9.66. The fourth-order valence-corrected chi connectivity index (χ4v) is 3.81. The molecule has 6 N–H and O–H groups in total. The largest absolute Gasteiger partial charge is 0.465 e. The molecule has 0 saturated carbocycles. The molecule has 0 fully saturated rings. The molecule has 20 heteroatoms. The monoisotopic (exact) mass is 754 g/mol. The fourth-order valence-electron chi connectivity index (χ4n) is 3.81. The average Bonchev–Trinajstić information content (AvgIpc) is 3.15. The smallest absolute Gasteiger partial charge is 0.341 e. The van der Waals surface area contributed by atoms with E-state index in [1.165, 1.54) is 45.6 Å². The number of methoxy groups -OCH3 is 6. The summed E-state index contributed by atoms with van der Waals surface area (Å²) in [4.78, 5) is 53.7. The predicted octanol–water partition coefficient (Wildman–Crippen LogP) is 3.91. The molecular weight excluding hydrogens is 707 g/mol. The lowest BCUT2D eigenvalue weighted by Gasteiger charge is -2.12. The predicted molar refractivity (Wildman–Crippen MR) is 195 cm³/mol. The molecule has 294 valence electrons. The minimum atomic E-state index is -1.18. The minimum Gasteiger partial charge on any atom is -0.465 e. The zero-order valence-corrected chi connectivity index (χ0v) is 30.2. The molecule has 0 aliphatic heterocycles. The summed E-state index contributed by atoms with van der Waals surface area (Å²) in [7, 11) is 8.39. The Morgan fingerprint density at radius 3 is 1.47 bits per heavy atom. The molecule has 0 atom stereocenters. The average molecular weight is 755 g/mol. The number of nitro groups is 2. The van der Waals surface area contributed by atoms with Gasteiger partial charge < -0.3 is 50.5 Å². The summed E-state index contributed by atoms with van der Waals surface area (Å²) in [5, 5.41) is 27.1. The van der Waals surface area contributed by atoms with Crippen LogP contribution in [0.15, 0.2) is 54.6 Å². The number of nitrogen functional groups attached to an aromatic ring is 1. The molecule has 19 nitrogen and oxygen atoms in total. The summed E-state index contributed by atoms with van der Waals surface area (Å²) in [6.45, 7) is 3.12. The highest BCUT2D eigenvalue weighted by molar-refractivity contribution is 5.99. The van der Waals surface area contributed by atoms with E-state index in [9.17, 15) is 39.0 Å². The maximum Gasteiger partial charge on any atom is 0.341 e. The summed E-state index contributed by atoms with van der Waals surface area (Å²) < 4.78 is 41.0. The number of anilines is 3. The number of para-hydroxylation sites is 2. The van der Waals surface area contributed by atoms with Crippen molar-refractivity contribution in [2.45, 2.75) is 0 Å². The Labute approximate surface area is 306 Å². The molecule has 3 aromatic rings. The number of hydrogen-bond donors (Lipinski definition) is 4. The Morgan fingerprint density at radius 2 is 1.06 bits per heavy atom. The molecule has 0 aromatic heterocycles. The zero-order chi connectivity index (χ0) is 40.3. The second kappa shape index (κ2) is 26.8. The zero-order valence-electron chi connectivity index (χ0n) is 30.2. The molecule has 0 bridgehead atoms. The van der Waals surface area contributed by atoms with Crippen LogP contribution < -0.4 is 22.1 Å². The van der Waals surface area contributed by atoms with E-state index >= 15 is 0 Å². The van der Waals surface area contributed by atoms with Crippen molar-refractivity contribution in [3.05, 3.63) is 97.3 Å². The Morgan fingerprint density at radius 1 is 0.660 bits per heavy atom. The van der Waals surface area contributed by atoms with E-state index in [0.717, 1.165) is 19.2 Å². The van der Waals surface area contributed by atoms with Crippen molar-refractivity contribution in [2.75, 3.05) is 98.5 Å². The molecule has 3 aromatic carbocycles. The van der Waals surface area contributed by atoms with Crippen molar-refractivity contribution in [2.24, 2.45) is 5.73 Å². The Bertz CT molecular complexity index is 1630. The Hall–Kier alpha value is -5.96. The lowest BCUT2D eigenvalue weighted by atomic mass is 10.1. The summed E-state index contributed by atoms with van der Waals surface area (Å²) in [5.41, 5.74) is 11.2. The van der Waals surface area contributed by atoms with E-state index in [4.69, 9.17) is 20.9 Å². The van der Waals surface area contributed by atoms with Crippen molar-refractivity contribution in [3.63, 3.8) is 0 Å². The van der Waals surface area contributed by atoms with Crippen LogP contribution >= 0.6 is 0 Å². The van der Waals surface area contributed by atoms with E-state index < -0.39 is 44.8 Å². The van der Waals surface area contributed by atoms with E-state index in [0.29, 0.717) is 56.4 Å². The molecular formula is C33H47FN6O13. The number of ether oxygens (including phenoxy) is 6. The van der Waals surface area contributed by atoms with Crippen LogP contribution in [0.4, 0.5) is 32.8 Å². The summed E-state index contributed by atoms with van der Waals surface area (Å²) in [5.74, 6) is -3.15. The lowest BCUT2D eigenvalue weighted by Crippen LogP contribution is -2.14. The van der Waals surface area contributed by atoms with Crippen LogP contribution in [0.5, 0.6) is 0 Å². The Kier molecular flexibility index (Phi) is 23.8. The highest BCUT2D eigenvalue weighted by Crippen LogP contribution is 2.29. The second-order valence-electron chi connectivity index (χ2n) is 9.72.